The van der Waals surface area contributed by atoms with E-state index < -0.39 is 0 Å². The van der Waals surface area contributed by atoms with E-state index >= 15 is 0 Å². The van der Waals surface area contributed by atoms with Crippen molar-refractivity contribution in [2.75, 3.05) is 26.2 Å². The molecule has 6 nitrogen and oxygen atoms in total. The van der Waals surface area contributed by atoms with Crippen LogP contribution in [0.3, 0.4) is 0 Å². The number of hydrogen-bond acceptors (Lipinski definition) is 4. The molecule has 20 heavy (non-hydrogen) atoms. The van der Waals surface area contributed by atoms with E-state index in [9.17, 15) is 9.59 Å². The Labute approximate surface area is 120 Å². The third kappa shape index (κ3) is 4.10. The number of piperidine rings is 2. The van der Waals surface area contributed by atoms with Gasteiger partial charge in [0.25, 0.3) is 0 Å². The molecule has 2 heterocycles. The van der Waals surface area contributed by atoms with Crippen molar-refractivity contribution in [2.24, 2.45) is 0 Å². The van der Waals surface area contributed by atoms with Gasteiger partial charge in [-0.2, -0.15) is 0 Å². The van der Waals surface area contributed by atoms with Crippen molar-refractivity contribution < 1.29 is 14.3 Å². The predicted octanol–water partition coefficient (Wildman–Crippen LogP) is 0.866. The molecule has 6 heteroatoms. The van der Waals surface area contributed by atoms with Crippen molar-refractivity contribution in [3.8, 4) is 0 Å². The average molecular weight is 283 g/mol. The summed E-state index contributed by atoms with van der Waals surface area (Å²) < 4.78 is 4.89. The van der Waals surface area contributed by atoms with Gasteiger partial charge in [-0.15, -0.1) is 0 Å². The first-order chi connectivity index (χ1) is 9.70. The average Bonchev–Trinajstić information content (AvgIpc) is 2.48. The highest BCUT2D eigenvalue weighted by Crippen LogP contribution is 2.15. The van der Waals surface area contributed by atoms with Crippen LogP contribution in [0.25, 0.3) is 0 Å². The van der Waals surface area contributed by atoms with Gasteiger partial charge in [0.15, 0.2) is 0 Å². The van der Waals surface area contributed by atoms with Gasteiger partial charge in [-0.3, -0.25) is 4.79 Å². The number of rotatable bonds is 3. The first-order valence-corrected chi connectivity index (χ1v) is 7.66. The van der Waals surface area contributed by atoms with Crippen LogP contribution in [-0.4, -0.2) is 55.2 Å². The molecule has 2 aliphatic heterocycles. The summed E-state index contributed by atoms with van der Waals surface area (Å²) in [6.07, 6.45) is 4.63. The summed E-state index contributed by atoms with van der Waals surface area (Å²) in [6.45, 7) is 4.46. The summed E-state index contributed by atoms with van der Waals surface area (Å²) in [4.78, 5) is 25.7. The van der Waals surface area contributed by atoms with Crippen molar-refractivity contribution in [3.63, 3.8) is 0 Å². The maximum absolute atomic E-state index is 12.4. The van der Waals surface area contributed by atoms with Gasteiger partial charge >= 0.3 is 6.09 Å². The van der Waals surface area contributed by atoms with E-state index in [1.54, 1.807) is 6.92 Å². The molecule has 0 aromatic rings. The minimum absolute atomic E-state index is 0.00957. The first-order valence-electron chi connectivity index (χ1n) is 7.66. The second-order valence-corrected chi connectivity index (χ2v) is 5.49. The van der Waals surface area contributed by atoms with Gasteiger partial charge in [-0.25, -0.2) is 4.79 Å². The number of nitrogens with one attached hydrogen (secondary N) is 2. The number of likely N-dealkylation sites (tertiary alicyclic amines) is 1. The van der Waals surface area contributed by atoms with E-state index in [2.05, 4.69) is 10.6 Å². The van der Waals surface area contributed by atoms with E-state index in [0.29, 0.717) is 13.2 Å². The Morgan fingerprint density at radius 3 is 2.85 bits per heavy atom. The summed E-state index contributed by atoms with van der Waals surface area (Å²) in [7, 11) is 0. The van der Waals surface area contributed by atoms with Crippen LogP contribution >= 0.6 is 0 Å². The molecular weight excluding hydrogens is 258 g/mol. The molecule has 0 aliphatic carbocycles. The molecule has 0 bridgehead atoms. The molecule has 0 aromatic carbocycles. The molecule has 0 aromatic heterocycles. The van der Waals surface area contributed by atoms with Gasteiger partial charge < -0.3 is 20.3 Å². The van der Waals surface area contributed by atoms with Crippen LogP contribution in [0.15, 0.2) is 0 Å². The number of carbonyl (C=O) groups is 2. The van der Waals surface area contributed by atoms with E-state index in [1.165, 1.54) is 0 Å². The van der Waals surface area contributed by atoms with Gasteiger partial charge in [-0.1, -0.05) is 6.42 Å². The zero-order valence-electron chi connectivity index (χ0n) is 12.2. The van der Waals surface area contributed by atoms with Crippen molar-refractivity contribution in [1.82, 2.24) is 15.5 Å². The molecule has 114 valence electrons. The van der Waals surface area contributed by atoms with Crippen LogP contribution in [0, 0.1) is 0 Å². The minimum atomic E-state index is -0.386. The lowest BCUT2D eigenvalue weighted by molar-refractivity contribution is -0.135. The van der Waals surface area contributed by atoms with Crippen molar-refractivity contribution in [1.29, 1.82) is 0 Å². The number of alkyl carbamates (subject to hydrolysis) is 1. The molecule has 0 saturated carbocycles. The van der Waals surface area contributed by atoms with E-state index in [4.69, 9.17) is 4.74 Å². The number of carbonyl (C=O) groups excluding carboxylic acids is 2. The summed E-state index contributed by atoms with van der Waals surface area (Å²) in [6, 6.07) is -0.0274. The molecule has 1 unspecified atom stereocenters. The molecule has 0 spiro atoms. The van der Waals surface area contributed by atoms with Crippen LogP contribution in [0.2, 0.25) is 0 Å². The summed E-state index contributed by atoms with van der Waals surface area (Å²) in [5.41, 5.74) is 0. The van der Waals surface area contributed by atoms with Crippen LogP contribution in [0.4, 0.5) is 4.79 Å². The fourth-order valence-electron chi connectivity index (χ4n) is 2.92. The summed E-state index contributed by atoms with van der Waals surface area (Å²) in [5, 5.41) is 6.12. The standard InChI is InChI=1S/C14H25N3O3/c1-2-20-14(19)16-11-6-5-9-17(10-11)13(18)12-7-3-4-8-15-12/h11-12,15H,2-10H2,1H3,(H,16,19)/t11?,12-/m1/s1. The lowest BCUT2D eigenvalue weighted by atomic mass is 10.0. The minimum Gasteiger partial charge on any atom is -0.450 e. The van der Waals surface area contributed by atoms with Gasteiger partial charge in [0.05, 0.1) is 12.6 Å². The first kappa shape index (κ1) is 15.1. The summed E-state index contributed by atoms with van der Waals surface area (Å²) >= 11 is 0. The van der Waals surface area contributed by atoms with Crippen LogP contribution in [0.1, 0.15) is 39.0 Å². The molecule has 0 radical (unpaired) electrons. The second kappa shape index (κ2) is 7.47. The fourth-order valence-corrected chi connectivity index (χ4v) is 2.92. The third-order valence-corrected chi connectivity index (χ3v) is 3.94. The smallest absolute Gasteiger partial charge is 0.407 e. The SMILES string of the molecule is CCOC(=O)NC1CCCN(C(=O)[C@H]2CCCCN2)C1. The third-order valence-electron chi connectivity index (χ3n) is 3.94. The molecule has 2 fully saturated rings. The maximum atomic E-state index is 12.4. The van der Waals surface area contributed by atoms with Gasteiger partial charge in [-0.05, 0) is 39.2 Å². The van der Waals surface area contributed by atoms with Crippen LogP contribution < -0.4 is 10.6 Å². The second-order valence-electron chi connectivity index (χ2n) is 5.49. The molecule has 2 amide bonds. The Hall–Kier alpha value is -1.30. The highest BCUT2D eigenvalue weighted by Gasteiger charge is 2.30. The predicted molar refractivity (Wildman–Crippen MR) is 75.4 cm³/mol. The van der Waals surface area contributed by atoms with Gasteiger partial charge in [0.1, 0.15) is 0 Å². The molecular formula is C14H25N3O3. The number of nitrogens with zero attached hydrogens (tertiary/aromatic N) is 1. The zero-order valence-corrected chi connectivity index (χ0v) is 12.2. The number of amides is 2. The lowest BCUT2D eigenvalue weighted by Crippen LogP contribution is -2.55. The van der Waals surface area contributed by atoms with Crippen molar-refractivity contribution in [2.45, 2.75) is 51.1 Å². The van der Waals surface area contributed by atoms with Gasteiger partial charge in [0, 0.05) is 19.1 Å². The Morgan fingerprint density at radius 1 is 1.30 bits per heavy atom. The normalized spacial score (nSPS) is 26.9. The zero-order chi connectivity index (χ0) is 14.4. The lowest BCUT2D eigenvalue weighted by Gasteiger charge is -2.36. The Morgan fingerprint density at radius 2 is 2.15 bits per heavy atom. The summed E-state index contributed by atoms with van der Waals surface area (Å²) in [5.74, 6) is 0.181. The quantitative estimate of drug-likeness (QED) is 0.806. The molecule has 2 rings (SSSR count). The Bertz CT molecular complexity index is 343. The number of ether oxygens (including phenoxy) is 1. The molecule has 2 aliphatic rings. The topological polar surface area (TPSA) is 70.7 Å². The van der Waals surface area contributed by atoms with Crippen LogP contribution in [-0.2, 0) is 9.53 Å². The molecule has 2 saturated heterocycles. The highest BCUT2D eigenvalue weighted by molar-refractivity contribution is 5.82. The van der Waals surface area contributed by atoms with E-state index in [-0.39, 0.29) is 24.1 Å². The monoisotopic (exact) mass is 283 g/mol. The van der Waals surface area contributed by atoms with Crippen molar-refractivity contribution in [3.05, 3.63) is 0 Å². The Balaban J connectivity index is 1.82. The molecule has 2 atom stereocenters. The Kier molecular flexibility index (Phi) is 5.64. The maximum Gasteiger partial charge on any atom is 0.407 e. The van der Waals surface area contributed by atoms with Gasteiger partial charge in [0.2, 0.25) is 5.91 Å². The fraction of sp³-hybridized carbons (Fsp3) is 0.857. The number of hydrogen-bond donors (Lipinski definition) is 2. The van der Waals surface area contributed by atoms with E-state index in [0.717, 1.165) is 45.2 Å². The van der Waals surface area contributed by atoms with Crippen LogP contribution in [0.5, 0.6) is 0 Å². The highest BCUT2D eigenvalue weighted by atomic mass is 16.5. The van der Waals surface area contributed by atoms with E-state index in [1.807, 2.05) is 4.90 Å². The van der Waals surface area contributed by atoms with Crippen molar-refractivity contribution >= 4 is 12.0 Å². The largest absolute Gasteiger partial charge is 0.450 e. The molecule has 2 N–H and O–H groups in total.